The van der Waals surface area contributed by atoms with Crippen molar-refractivity contribution in [2.24, 2.45) is 17.6 Å². The smallest absolute Gasteiger partial charge is 0.240 e. The molecule has 23 heavy (non-hydrogen) atoms. The zero-order valence-electron chi connectivity index (χ0n) is 14.5. The van der Waals surface area contributed by atoms with Gasteiger partial charge in [-0.25, -0.2) is 6.29 Å². The lowest BCUT2D eigenvalue weighted by molar-refractivity contribution is -0.130. The summed E-state index contributed by atoms with van der Waals surface area (Å²) in [6.45, 7) is 7.34. The summed E-state index contributed by atoms with van der Waals surface area (Å²) in [5.74, 6) is -0.587. The Morgan fingerprint density at radius 2 is 1.74 bits per heavy atom. The number of carbonyl (C=O) groups excluding carboxylic acids is 3. The minimum Gasteiger partial charge on any atom is -0.540 e. The Kier molecular flexibility index (Phi) is 10.4. The lowest BCUT2D eigenvalue weighted by Crippen LogP contribution is -2.54. The molecule has 0 rings (SSSR count). The fourth-order valence-corrected chi connectivity index (χ4v) is 2.04. The molecule has 0 aromatic heterocycles. The second-order valence-electron chi connectivity index (χ2n) is 6.41. The number of rotatable bonds is 11. The van der Waals surface area contributed by atoms with Gasteiger partial charge in [0.25, 0.3) is 0 Å². The van der Waals surface area contributed by atoms with Crippen molar-refractivity contribution >= 4 is 18.1 Å². The zero-order valence-corrected chi connectivity index (χ0v) is 14.5. The maximum absolute atomic E-state index is 12.4. The van der Waals surface area contributed by atoms with E-state index in [4.69, 9.17) is 10.8 Å². The molecule has 0 aliphatic rings. The molecule has 7 heteroatoms. The molecule has 0 heterocycles. The average Bonchev–Trinajstić information content (AvgIpc) is 2.51. The van der Waals surface area contributed by atoms with E-state index < -0.39 is 36.5 Å². The SMILES string of the molecule is CCC(C)CC(NC(=O)C(N)CO)C(=O)NC([C-]=O)CC(C)C. The number of amides is 2. The summed E-state index contributed by atoms with van der Waals surface area (Å²) in [5, 5.41) is 14.1. The third-order valence-electron chi connectivity index (χ3n) is 3.67. The highest BCUT2D eigenvalue weighted by atomic mass is 16.3. The molecule has 5 N–H and O–H groups in total. The molecule has 7 nitrogen and oxygen atoms in total. The molecule has 0 aliphatic heterocycles. The van der Waals surface area contributed by atoms with E-state index in [1.807, 2.05) is 34.0 Å². The number of aliphatic hydroxyl groups excluding tert-OH is 1. The summed E-state index contributed by atoms with van der Waals surface area (Å²) < 4.78 is 0. The second-order valence-corrected chi connectivity index (χ2v) is 6.41. The third-order valence-corrected chi connectivity index (χ3v) is 3.67. The number of carbonyl (C=O) groups is 2. The summed E-state index contributed by atoms with van der Waals surface area (Å²) in [7, 11) is 0. The first-order chi connectivity index (χ1) is 10.7. The molecule has 0 saturated carbocycles. The second kappa shape index (κ2) is 11.1. The molecule has 0 radical (unpaired) electrons. The van der Waals surface area contributed by atoms with Crippen LogP contribution in [0.4, 0.5) is 0 Å². The molecule has 0 aromatic carbocycles. The standard InChI is InChI=1S/C16H30N3O4/c1-5-11(4)7-14(19-15(22)13(17)9-21)16(23)18-12(8-20)6-10(2)3/h10-14,21H,5-7,9,17H2,1-4H3,(H,18,23)(H,19,22)/q-1. The van der Waals surface area contributed by atoms with Crippen molar-refractivity contribution in [3.63, 3.8) is 0 Å². The minimum absolute atomic E-state index is 0.208. The predicted molar refractivity (Wildman–Crippen MR) is 88.1 cm³/mol. The van der Waals surface area contributed by atoms with Crippen molar-refractivity contribution in [3.05, 3.63) is 0 Å². The maximum atomic E-state index is 12.4. The molecule has 4 unspecified atom stereocenters. The van der Waals surface area contributed by atoms with Gasteiger partial charge in [-0.05, 0) is 18.3 Å². The van der Waals surface area contributed by atoms with Gasteiger partial charge in [0, 0.05) is 0 Å². The van der Waals surface area contributed by atoms with E-state index in [1.165, 1.54) is 0 Å². The van der Waals surface area contributed by atoms with E-state index in [1.54, 1.807) is 0 Å². The van der Waals surface area contributed by atoms with E-state index >= 15 is 0 Å². The number of aliphatic hydroxyl groups is 1. The summed E-state index contributed by atoms with van der Waals surface area (Å²) in [6, 6.07) is -2.57. The van der Waals surface area contributed by atoms with Gasteiger partial charge in [0.15, 0.2) is 0 Å². The Morgan fingerprint density at radius 3 is 2.17 bits per heavy atom. The first-order valence-electron chi connectivity index (χ1n) is 8.09. The van der Waals surface area contributed by atoms with Crippen LogP contribution in [0.15, 0.2) is 0 Å². The molecule has 0 aliphatic carbocycles. The maximum Gasteiger partial charge on any atom is 0.240 e. The molecule has 0 aromatic rings. The summed E-state index contributed by atoms with van der Waals surface area (Å²) in [5.41, 5.74) is 5.47. The summed E-state index contributed by atoms with van der Waals surface area (Å²) >= 11 is 0. The van der Waals surface area contributed by atoms with Crippen LogP contribution in [0.2, 0.25) is 0 Å². The highest BCUT2D eigenvalue weighted by Gasteiger charge is 2.25. The molecular formula is C16H30N3O4-. The van der Waals surface area contributed by atoms with E-state index in [0.29, 0.717) is 12.8 Å². The van der Waals surface area contributed by atoms with Crippen molar-refractivity contribution in [1.82, 2.24) is 10.6 Å². The molecule has 0 saturated heterocycles. The number of nitrogens with two attached hydrogens (primary N) is 1. The van der Waals surface area contributed by atoms with Gasteiger partial charge in [-0.3, -0.25) is 9.59 Å². The van der Waals surface area contributed by atoms with Gasteiger partial charge >= 0.3 is 0 Å². The third kappa shape index (κ3) is 8.66. The van der Waals surface area contributed by atoms with Crippen LogP contribution in [-0.4, -0.2) is 47.9 Å². The molecule has 134 valence electrons. The van der Waals surface area contributed by atoms with Gasteiger partial charge in [0.05, 0.1) is 6.61 Å². The van der Waals surface area contributed by atoms with Crippen LogP contribution in [0.3, 0.4) is 0 Å². The van der Waals surface area contributed by atoms with Crippen LogP contribution in [-0.2, 0) is 14.4 Å². The van der Waals surface area contributed by atoms with Crippen LogP contribution in [0.1, 0.15) is 47.0 Å². The molecular weight excluding hydrogens is 298 g/mol. The number of hydrogen-bond acceptors (Lipinski definition) is 5. The van der Waals surface area contributed by atoms with Crippen molar-refractivity contribution in [2.45, 2.75) is 65.1 Å². The van der Waals surface area contributed by atoms with Crippen molar-refractivity contribution in [3.8, 4) is 0 Å². The first kappa shape index (κ1) is 21.5. The molecule has 0 bridgehead atoms. The number of nitrogens with one attached hydrogen (secondary N) is 2. The van der Waals surface area contributed by atoms with Crippen LogP contribution in [0, 0.1) is 11.8 Å². The predicted octanol–water partition coefficient (Wildman–Crippen LogP) is -0.132. The van der Waals surface area contributed by atoms with E-state index in [9.17, 15) is 14.4 Å². The van der Waals surface area contributed by atoms with Crippen molar-refractivity contribution in [2.75, 3.05) is 6.61 Å². The lowest BCUT2D eigenvalue weighted by Gasteiger charge is -2.28. The largest absolute Gasteiger partial charge is 0.540 e. The molecule has 4 atom stereocenters. The van der Waals surface area contributed by atoms with Crippen LogP contribution >= 0.6 is 0 Å². The molecule has 2 amide bonds. The average molecular weight is 328 g/mol. The van der Waals surface area contributed by atoms with Crippen LogP contribution in [0.5, 0.6) is 0 Å². The van der Waals surface area contributed by atoms with Gasteiger partial charge in [-0.15, -0.1) is 0 Å². The van der Waals surface area contributed by atoms with E-state index in [2.05, 4.69) is 10.6 Å². The highest BCUT2D eigenvalue weighted by Crippen LogP contribution is 2.11. The Hall–Kier alpha value is -1.47. The quantitative estimate of drug-likeness (QED) is 0.394. The monoisotopic (exact) mass is 328 g/mol. The summed E-state index contributed by atoms with van der Waals surface area (Å²) in [6.07, 6.45) is 3.57. The van der Waals surface area contributed by atoms with Gasteiger partial charge in [0.1, 0.15) is 12.1 Å². The Labute approximate surface area is 138 Å². The Morgan fingerprint density at radius 1 is 1.13 bits per heavy atom. The lowest BCUT2D eigenvalue weighted by atomic mass is 9.97. The fraction of sp³-hybridized carbons (Fsp3) is 0.812. The van der Waals surface area contributed by atoms with E-state index in [0.717, 1.165) is 6.42 Å². The van der Waals surface area contributed by atoms with Crippen molar-refractivity contribution in [1.29, 1.82) is 0 Å². The molecule has 0 fully saturated rings. The van der Waals surface area contributed by atoms with Gasteiger partial charge < -0.3 is 26.3 Å². The number of hydrogen-bond donors (Lipinski definition) is 4. The minimum atomic E-state index is -1.08. The van der Waals surface area contributed by atoms with Crippen molar-refractivity contribution < 1.29 is 19.5 Å². The highest BCUT2D eigenvalue weighted by molar-refractivity contribution is 5.90. The van der Waals surface area contributed by atoms with Gasteiger partial charge in [0.2, 0.25) is 11.8 Å². The molecule has 0 spiro atoms. The Bertz CT molecular complexity index is 388. The fourth-order valence-electron chi connectivity index (χ4n) is 2.04. The van der Waals surface area contributed by atoms with Crippen LogP contribution < -0.4 is 16.4 Å². The van der Waals surface area contributed by atoms with E-state index in [-0.39, 0.29) is 11.8 Å². The normalized spacial score (nSPS) is 16.3. The zero-order chi connectivity index (χ0) is 18.0. The topological polar surface area (TPSA) is 122 Å². The van der Waals surface area contributed by atoms with Crippen LogP contribution in [0.25, 0.3) is 0 Å². The first-order valence-corrected chi connectivity index (χ1v) is 8.09. The summed E-state index contributed by atoms with van der Waals surface area (Å²) in [4.78, 5) is 35.2. The van der Waals surface area contributed by atoms with Gasteiger partial charge in [-0.1, -0.05) is 46.6 Å². The Balaban J connectivity index is 4.92. The van der Waals surface area contributed by atoms with Gasteiger partial charge in [-0.2, -0.15) is 0 Å².